The standard InChI is InChI=1S/C17H19FN2OS/c18-16-9-14(13-3-6-19-7-4-13)1-2-15(16)10-20-11-17(21)5-8-22-12-17/h1-4,6-7,9,20-21H,5,8,10-12H2. The third-order valence-corrected chi connectivity index (χ3v) is 5.15. The van der Waals surface area contributed by atoms with E-state index in [1.165, 1.54) is 0 Å². The molecule has 0 bridgehead atoms. The summed E-state index contributed by atoms with van der Waals surface area (Å²) in [7, 11) is 0. The van der Waals surface area contributed by atoms with Crippen LogP contribution < -0.4 is 5.32 Å². The van der Waals surface area contributed by atoms with Crippen molar-refractivity contribution >= 4 is 11.8 Å². The Morgan fingerprint density at radius 2 is 2.05 bits per heavy atom. The van der Waals surface area contributed by atoms with Gasteiger partial charge in [-0.25, -0.2) is 4.39 Å². The Bertz CT molecular complexity index is 630. The molecule has 1 aliphatic heterocycles. The highest BCUT2D eigenvalue weighted by molar-refractivity contribution is 7.99. The van der Waals surface area contributed by atoms with Gasteiger partial charge in [0.05, 0.1) is 5.60 Å². The zero-order chi connectivity index (χ0) is 15.4. The molecular formula is C17H19FN2OS. The van der Waals surface area contributed by atoms with Crippen molar-refractivity contribution in [2.45, 2.75) is 18.6 Å². The Balaban J connectivity index is 1.63. The zero-order valence-corrected chi connectivity index (χ0v) is 13.1. The van der Waals surface area contributed by atoms with E-state index in [0.717, 1.165) is 29.1 Å². The van der Waals surface area contributed by atoms with Gasteiger partial charge in [0.2, 0.25) is 0 Å². The number of aromatic nitrogens is 1. The van der Waals surface area contributed by atoms with E-state index in [1.807, 2.05) is 18.2 Å². The highest BCUT2D eigenvalue weighted by Crippen LogP contribution is 2.27. The van der Waals surface area contributed by atoms with Gasteiger partial charge in [0.15, 0.2) is 0 Å². The summed E-state index contributed by atoms with van der Waals surface area (Å²) in [6, 6.07) is 8.98. The molecule has 116 valence electrons. The largest absolute Gasteiger partial charge is 0.388 e. The van der Waals surface area contributed by atoms with Crippen molar-refractivity contribution in [3.05, 3.63) is 54.1 Å². The summed E-state index contributed by atoms with van der Waals surface area (Å²) in [6.07, 6.45) is 4.19. The molecule has 2 aromatic rings. The summed E-state index contributed by atoms with van der Waals surface area (Å²) < 4.78 is 14.2. The van der Waals surface area contributed by atoms with Crippen molar-refractivity contribution in [2.24, 2.45) is 0 Å². The van der Waals surface area contributed by atoms with Crippen molar-refractivity contribution in [3.8, 4) is 11.1 Å². The molecular weight excluding hydrogens is 299 g/mol. The molecule has 2 N–H and O–H groups in total. The van der Waals surface area contributed by atoms with Gasteiger partial charge in [0, 0.05) is 36.8 Å². The first kappa shape index (κ1) is 15.5. The van der Waals surface area contributed by atoms with Gasteiger partial charge in [-0.3, -0.25) is 4.98 Å². The fraction of sp³-hybridized carbons (Fsp3) is 0.353. The Kier molecular flexibility index (Phi) is 4.76. The van der Waals surface area contributed by atoms with E-state index in [1.54, 1.807) is 36.3 Å². The SMILES string of the molecule is OC1(CNCc2ccc(-c3ccncc3)cc2F)CCSC1. The van der Waals surface area contributed by atoms with Crippen molar-refractivity contribution in [1.82, 2.24) is 10.3 Å². The molecule has 1 aromatic heterocycles. The maximum atomic E-state index is 14.2. The molecule has 3 nitrogen and oxygen atoms in total. The van der Waals surface area contributed by atoms with Crippen LogP contribution in [-0.2, 0) is 6.54 Å². The summed E-state index contributed by atoms with van der Waals surface area (Å²) >= 11 is 1.76. The molecule has 2 heterocycles. The van der Waals surface area contributed by atoms with Gasteiger partial charge in [-0.1, -0.05) is 12.1 Å². The average molecular weight is 318 g/mol. The Labute approximate surface area is 134 Å². The first-order chi connectivity index (χ1) is 10.7. The van der Waals surface area contributed by atoms with Crippen LogP contribution in [0.2, 0.25) is 0 Å². The smallest absolute Gasteiger partial charge is 0.128 e. The summed E-state index contributed by atoms with van der Waals surface area (Å²) in [5.41, 5.74) is 1.77. The summed E-state index contributed by atoms with van der Waals surface area (Å²) in [5.74, 6) is 1.52. The number of halogens is 1. The van der Waals surface area contributed by atoms with E-state index in [4.69, 9.17) is 0 Å². The number of nitrogens with one attached hydrogen (secondary N) is 1. The number of rotatable bonds is 5. The molecule has 5 heteroatoms. The Morgan fingerprint density at radius 1 is 1.23 bits per heavy atom. The van der Waals surface area contributed by atoms with E-state index in [9.17, 15) is 9.50 Å². The monoisotopic (exact) mass is 318 g/mol. The van der Waals surface area contributed by atoms with Gasteiger partial charge in [-0.15, -0.1) is 0 Å². The lowest BCUT2D eigenvalue weighted by Gasteiger charge is -2.21. The van der Waals surface area contributed by atoms with Crippen LogP contribution in [0.25, 0.3) is 11.1 Å². The van der Waals surface area contributed by atoms with Crippen molar-refractivity contribution < 1.29 is 9.50 Å². The van der Waals surface area contributed by atoms with Gasteiger partial charge in [0.1, 0.15) is 5.82 Å². The van der Waals surface area contributed by atoms with Crippen molar-refractivity contribution in [2.75, 3.05) is 18.1 Å². The van der Waals surface area contributed by atoms with Crippen LogP contribution in [0.15, 0.2) is 42.7 Å². The van der Waals surface area contributed by atoms with Crippen LogP contribution >= 0.6 is 11.8 Å². The third-order valence-electron chi connectivity index (χ3n) is 3.92. The van der Waals surface area contributed by atoms with E-state index in [0.29, 0.717) is 18.7 Å². The number of benzene rings is 1. The third kappa shape index (κ3) is 3.66. The fourth-order valence-electron chi connectivity index (χ4n) is 2.58. The molecule has 1 fully saturated rings. The maximum Gasteiger partial charge on any atom is 0.128 e. The number of nitrogens with zero attached hydrogens (tertiary/aromatic N) is 1. The molecule has 22 heavy (non-hydrogen) atoms. The van der Waals surface area contributed by atoms with E-state index >= 15 is 0 Å². The predicted molar refractivity (Wildman–Crippen MR) is 88.2 cm³/mol. The number of hydrogen-bond acceptors (Lipinski definition) is 4. The number of hydrogen-bond donors (Lipinski definition) is 2. The summed E-state index contributed by atoms with van der Waals surface area (Å²) in [5, 5.41) is 13.4. The molecule has 0 aliphatic carbocycles. The van der Waals surface area contributed by atoms with Crippen LogP contribution in [-0.4, -0.2) is 33.7 Å². The molecule has 0 saturated carbocycles. The van der Waals surface area contributed by atoms with Crippen molar-refractivity contribution in [3.63, 3.8) is 0 Å². The second-order valence-electron chi connectivity index (χ2n) is 5.67. The highest BCUT2D eigenvalue weighted by Gasteiger charge is 2.31. The molecule has 0 radical (unpaired) electrons. The van der Waals surface area contributed by atoms with Gasteiger partial charge >= 0.3 is 0 Å². The van der Waals surface area contributed by atoms with Crippen LogP contribution in [0.1, 0.15) is 12.0 Å². The molecule has 0 spiro atoms. The molecule has 1 saturated heterocycles. The van der Waals surface area contributed by atoms with Gasteiger partial charge in [0.25, 0.3) is 0 Å². The molecule has 0 amide bonds. The zero-order valence-electron chi connectivity index (χ0n) is 12.3. The Morgan fingerprint density at radius 3 is 2.73 bits per heavy atom. The Hall–Kier alpha value is -1.43. The van der Waals surface area contributed by atoms with E-state index < -0.39 is 5.60 Å². The van der Waals surface area contributed by atoms with E-state index in [-0.39, 0.29) is 5.82 Å². The second kappa shape index (κ2) is 6.77. The van der Waals surface area contributed by atoms with Gasteiger partial charge < -0.3 is 10.4 Å². The van der Waals surface area contributed by atoms with Crippen LogP contribution in [0.5, 0.6) is 0 Å². The predicted octanol–water partition coefficient (Wildman–Crippen LogP) is 2.85. The molecule has 1 aliphatic rings. The average Bonchev–Trinajstić information content (AvgIpc) is 2.96. The molecule has 1 atom stereocenters. The molecule has 1 aromatic carbocycles. The normalized spacial score (nSPS) is 21.2. The van der Waals surface area contributed by atoms with Crippen LogP contribution in [0, 0.1) is 5.82 Å². The lowest BCUT2D eigenvalue weighted by atomic mass is 10.0. The minimum Gasteiger partial charge on any atom is -0.388 e. The fourth-order valence-corrected chi connectivity index (χ4v) is 3.88. The second-order valence-corrected chi connectivity index (χ2v) is 6.78. The number of aliphatic hydroxyl groups is 1. The number of thioether (sulfide) groups is 1. The van der Waals surface area contributed by atoms with Crippen LogP contribution in [0.3, 0.4) is 0 Å². The van der Waals surface area contributed by atoms with Gasteiger partial charge in [-0.05, 0) is 41.5 Å². The van der Waals surface area contributed by atoms with Crippen LogP contribution in [0.4, 0.5) is 4.39 Å². The summed E-state index contributed by atoms with van der Waals surface area (Å²) in [4.78, 5) is 3.97. The maximum absolute atomic E-state index is 14.2. The molecule has 3 rings (SSSR count). The van der Waals surface area contributed by atoms with Crippen molar-refractivity contribution in [1.29, 1.82) is 0 Å². The first-order valence-corrected chi connectivity index (χ1v) is 8.51. The minimum absolute atomic E-state index is 0.227. The lowest BCUT2D eigenvalue weighted by molar-refractivity contribution is 0.0674. The topological polar surface area (TPSA) is 45.1 Å². The number of pyridine rings is 1. The first-order valence-electron chi connectivity index (χ1n) is 7.36. The quantitative estimate of drug-likeness (QED) is 0.890. The lowest BCUT2D eigenvalue weighted by Crippen LogP contribution is -2.40. The minimum atomic E-state index is -0.641. The van der Waals surface area contributed by atoms with E-state index in [2.05, 4.69) is 10.3 Å². The highest BCUT2D eigenvalue weighted by atomic mass is 32.2. The molecule has 1 unspecified atom stereocenters. The van der Waals surface area contributed by atoms with Gasteiger partial charge in [-0.2, -0.15) is 11.8 Å². The summed E-state index contributed by atoms with van der Waals surface area (Å²) in [6.45, 7) is 0.932.